The van der Waals surface area contributed by atoms with Gasteiger partial charge in [-0.05, 0) is 91.3 Å². The third-order valence-corrected chi connectivity index (χ3v) is 10.3. The molecule has 0 amide bonds. The number of hydrogen-bond acceptors (Lipinski definition) is 2. The van der Waals surface area contributed by atoms with Gasteiger partial charge in [-0.25, -0.2) is 0 Å². The Morgan fingerprint density at radius 2 is 1.72 bits per heavy atom. The van der Waals surface area contributed by atoms with Crippen LogP contribution in [-0.2, 0) is 0 Å². The zero-order chi connectivity index (χ0) is 21.0. The maximum absolute atomic E-state index is 11.3. The van der Waals surface area contributed by atoms with Crippen molar-refractivity contribution in [2.45, 2.75) is 111 Å². The smallest absolute Gasteiger partial charge is 0.0757 e. The SMILES string of the molecule is CC(C)CCC[C@@H](C)C1CCC2C3C(CC[C@@]21C)[C@@]1(C)CC[C@H](O)CC1=C[C@@H]3O. The molecule has 9 atom stereocenters. The zero-order valence-corrected chi connectivity index (χ0v) is 19.7. The van der Waals surface area contributed by atoms with E-state index in [1.165, 1.54) is 50.5 Å². The molecule has 0 aromatic carbocycles. The minimum absolute atomic E-state index is 0.200. The largest absolute Gasteiger partial charge is 0.393 e. The fourth-order valence-electron chi connectivity index (χ4n) is 8.65. The van der Waals surface area contributed by atoms with Crippen LogP contribution >= 0.6 is 0 Å². The van der Waals surface area contributed by atoms with Crippen LogP contribution in [0.15, 0.2) is 11.6 Å². The summed E-state index contributed by atoms with van der Waals surface area (Å²) >= 11 is 0. The Hall–Kier alpha value is -0.340. The molecule has 29 heavy (non-hydrogen) atoms. The van der Waals surface area contributed by atoms with Crippen molar-refractivity contribution in [2.24, 2.45) is 46.3 Å². The lowest BCUT2D eigenvalue weighted by molar-refractivity contribution is -0.0970. The normalized spacial score (nSPS) is 47.9. The average molecular weight is 403 g/mol. The van der Waals surface area contributed by atoms with Crippen molar-refractivity contribution in [3.8, 4) is 0 Å². The van der Waals surface area contributed by atoms with Crippen LogP contribution in [0.2, 0.25) is 0 Å². The van der Waals surface area contributed by atoms with Crippen molar-refractivity contribution < 1.29 is 10.2 Å². The predicted molar refractivity (Wildman–Crippen MR) is 120 cm³/mol. The molecular weight excluding hydrogens is 356 g/mol. The molecule has 2 heteroatoms. The van der Waals surface area contributed by atoms with E-state index in [2.05, 4.69) is 40.7 Å². The summed E-state index contributed by atoms with van der Waals surface area (Å²) in [5, 5.41) is 21.5. The van der Waals surface area contributed by atoms with Crippen LogP contribution in [0.3, 0.4) is 0 Å². The van der Waals surface area contributed by atoms with E-state index in [0.29, 0.717) is 23.2 Å². The average Bonchev–Trinajstić information content (AvgIpc) is 3.00. The van der Waals surface area contributed by atoms with Gasteiger partial charge in [0.05, 0.1) is 12.2 Å². The van der Waals surface area contributed by atoms with Gasteiger partial charge in [0.2, 0.25) is 0 Å². The van der Waals surface area contributed by atoms with Crippen molar-refractivity contribution in [3.05, 3.63) is 11.6 Å². The molecule has 0 heterocycles. The molecule has 2 N–H and O–H groups in total. The second kappa shape index (κ2) is 7.97. The summed E-state index contributed by atoms with van der Waals surface area (Å²) in [6, 6.07) is 0. The highest BCUT2D eigenvalue weighted by Crippen LogP contribution is 2.67. The van der Waals surface area contributed by atoms with Crippen LogP contribution in [0.5, 0.6) is 0 Å². The highest BCUT2D eigenvalue weighted by atomic mass is 16.3. The van der Waals surface area contributed by atoms with E-state index in [0.717, 1.165) is 37.0 Å². The molecule has 0 saturated heterocycles. The van der Waals surface area contributed by atoms with Gasteiger partial charge in [0, 0.05) is 0 Å². The summed E-state index contributed by atoms with van der Waals surface area (Å²) < 4.78 is 0. The van der Waals surface area contributed by atoms with Gasteiger partial charge >= 0.3 is 0 Å². The third kappa shape index (κ3) is 3.65. The number of rotatable bonds is 5. The van der Waals surface area contributed by atoms with Crippen LogP contribution in [0.25, 0.3) is 0 Å². The topological polar surface area (TPSA) is 40.5 Å². The lowest BCUT2D eigenvalue weighted by Gasteiger charge is -2.59. The first-order chi connectivity index (χ1) is 13.7. The maximum Gasteiger partial charge on any atom is 0.0757 e. The molecule has 2 nitrogen and oxygen atoms in total. The molecule has 0 spiro atoms. The number of hydrogen-bond donors (Lipinski definition) is 2. The van der Waals surface area contributed by atoms with Crippen LogP contribution < -0.4 is 0 Å². The maximum atomic E-state index is 11.3. The van der Waals surface area contributed by atoms with Crippen LogP contribution in [-0.4, -0.2) is 22.4 Å². The molecule has 0 aromatic heterocycles. The molecule has 3 fully saturated rings. The molecule has 0 radical (unpaired) electrons. The van der Waals surface area contributed by atoms with Crippen LogP contribution in [0, 0.1) is 46.3 Å². The number of aliphatic hydroxyl groups excluding tert-OH is 2. The first-order valence-corrected chi connectivity index (χ1v) is 12.7. The number of aliphatic hydroxyl groups is 2. The van der Waals surface area contributed by atoms with Crippen LogP contribution in [0.1, 0.15) is 98.8 Å². The molecule has 166 valence electrons. The molecule has 4 aliphatic carbocycles. The van der Waals surface area contributed by atoms with Gasteiger partial charge < -0.3 is 10.2 Å². The molecule has 4 unspecified atom stereocenters. The van der Waals surface area contributed by atoms with Gasteiger partial charge in [0.25, 0.3) is 0 Å². The van der Waals surface area contributed by atoms with Crippen molar-refractivity contribution >= 4 is 0 Å². The van der Waals surface area contributed by atoms with Crippen molar-refractivity contribution in [3.63, 3.8) is 0 Å². The Bertz CT molecular complexity index is 624. The fraction of sp³-hybridized carbons (Fsp3) is 0.926. The fourth-order valence-corrected chi connectivity index (χ4v) is 8.65. The third-order valence-electron chi connectivity index (χ3n) is 10.3. The molecule has 4 rings (SSSR count). The van der Waals surface area contributed by atoms with E-state index < -0.39 is 0 Å². The summed E-state index contributed by atoms with van der Waals surface area (Å²) in [5.41, 5.74) is 1.99. The minimum Gasteiger partial charge on any atom is -0.393 e. The van der Waals surface area contributed by atoms with E-state index in [1.807, 2.05) is 0 Å². The summed E-state index contributed by atoms with van der Waals surface area (Å²) in [6.07, 6.45) is 13.9. The lowest BCUT2D eigenvalue weighted by atomic mass is 9.46. The predicted octanol–water partition coefficient (Wildman–Crippen LogP) is 6.36. The highest BCUT2D eigenvalue weighted by molar-refractivity contribution is 5.27. The Labute approximate surface area is 179 Å². The van der Waals surface area contributed by atoms with Gasteiger partial charge in [-0.3, -0.25) is 0 Å². The first-order valence-electron chi connectivity index (χ1n) is 12.7. The molecule has 3 saturated carbocycles. The van der Waals surface area contributed by atoms with E-state index >= 15 is 0 Å². The molecule has 4 aliphatic rings. The molecule has 0 aliphatic heterocycles. The second-order valence-corrected chi connectivity index (χ2v) is 12.3. The van der Waals surface area contributed by atoms with Gasteiger partial charge in [0.15, 0.2) is 0 Å². The standard InChI is InChI=1S/C27H46O2/c1-17(2)7-6-8-18(3)21-9-10-22-25-23(12-14-27(21,22)5)26(4)13-11-20(28)15-19(26)16-24(25)29/h16-18,20-25,28-29H,6-15H2,1-5H3/t18-,20+,21?,22?,23?,24+,25?,26+,27-/m1/s1. The van der Waals surface area contributed by atoms with E-state index in [9.17, 15) is 10.2 Å². The second-order valence-electron chi connectivity index (χ2n) is 12.3. The van der Waals surface area contributed by atoms with Crippen molar-refractivity contribution in [1.29, 1.82) is 0 Å². The van der Waals surface area contributed by atoms with Crippen molar-refractivity contribution in [2.75, 3.05) is 0 Å². The van der Waals surface area contributed by atoms with E-state index in [1.54, 1.807) is 0 Å². The Balaban J connectivity index is 1.54. The summed E-state index contributed by atoms with van der Waals surface area (Å²) in [4.78, 5) is 0. The summed E-state index contributed by atoms with van der Waals surface area (Å²) in [5.74, 6) is 4.18. The highest BCUT2D eigenvalue weighted by Gasteiger charge is 2.61. The quantitative estimate of drug-likeness (QED) is 0.525. The summed E-state index contributed by atoms with van der Waals surface area (Å²) in [7, 11) is 0. The Morgan fingerprint density at radius 3 is 2.45 bits per heavy atom. The molecule has 0 bridgehead atoms. The lowest BCUT2D eigenvalue weighted by Crippen LogP contribution is -2.54. The zero-order valence-electron chi connectivity index (χ0n) is 19.7. The van der Waals surface area contributed by atoms with Gasteiger partial charge in [-0.15, -0.1) is 0 Å². The van der Waals surface area contributed by atoms with Crippen molar-refractivity contribution in [1.82, 2.24) is 0 Å². The van der Waals surface area contributed by atoms with Gasteiger partial charge in [-0.2, -0.15) is 0 Å². The van der Waals surface area contributed by atoms with Gasteiger partial charge in [0.1, 0.15) is 0 Å². The van der Waals surface area contributed by atoms with Crippen LogP contribution in [0.4, 0.5) is 0 Å². The Morgan fingerprint density at radius 1 is 0.966 bits per heavy atom. The van der Waals surface area contributed by atoms with E-state index in [4.69, 9.17) is 0 Å². The Kier molecular flexibility index (Phi) is 6.01. The summed E-state index contributed by atoms with van der Waals surface area (Å²) in [6.45, 7) is 12.2. The minimum atomic E-state index is -0.298. The molecular formula is C27H46O2. The monoisotopic (exact) mass is 402 g/mol. The first kappa shape index (κ1) is 21.9. The van der Waals surface area contributed by atoms with Gasteiger partial charge in [-0.1, -0.05) is 65.5 Å². The number of fused-ring (bicyclic) bond motifs is 5. The van der Waals surface area contributed by atoms with E-state index in [-0.39, 0.29) is 17.6 Å². The molecule has 0 aromatic rings.